The lowest BCUT2D eigenvalue weighted by atomic mass is 9.92. The first-order valence-electron chi connectivity index (χ1n) is 6.92. The number of aryl methyl sites for hydroxylation is 2. The van der Waals surface area contributed by atoms with Crippen molar-refractivity contribution in [2.24, 2.45) is 0 Å². The van der Waals surface area contributed by atoms with Crippen LogP contribution >= 0.6 is 0 Å². The van der Waals surface area contributed by atoms with E-state index in [9.17, 15) is 0 Å². The molecule has 1 N–H and O–H groups in total. The van der Waals surface area contributed by atoms with Crippen molar-refractivity contribution in [1.29, 1.82) is 0 Å². The van der Waals surface area contributed by atoms with E-state index in [1.54, 1.807) is 0 Å². The Labute approximate surface area is 114 Å². The summed E-state index contributed by atoms with van der Waals surface area (Å²) in [4.78, 5) is 9.08. The van der Waals surface area contributed by atoms with Gasteiger partial charge in [-0.2, -0.15) is 0 Å². The molecule has 0 aliphatic heterocycles. The molecule has 0 radical (unpaired) electrons. The Balaban J connectivity index is 1.71. The first-order chi connectivity index (χ1) is 9.33. The number of aromatic nitrogens is 2. The van der Waals surface area contributed by atoms with Crippen LogP contribution in [0.25, 0.3) is 0 Å². The Morgan fingerprint density at radius 1 is 1.26 bits per heavy atom. The fourth-order valence-corrected chi connectivity index (χ4v) is 2.73. The van der Waals surface area contributed by atoms with Crippen LogP contribution in [-0.2, 0) is 13.0 Å². The molecule has 0 amide bonds. The molecule has 0 saturated carbocycles. The smallest absolute Gasteiger partial charge is 0.0605 e. The maximum Gasteiger partial charge on any atom is 0.0605 e. The van der Waals surface area contributed by atoms with Crippen LogP contribution in [0, 0.1) is 6.92 Å². The van der Waals surface area contributed by atoms with Crippen LogP contribution in [0.15, 0.2) is 36.5 Å². The van der Waals surface area contributed by atoms with Crippen molar-refractivity contribution >= 4 is 0 Å². The fourth-order valence-electron chi connectivity index (χ4n) is 2.73. The van der Waals surface area contributed by atoms with Crippen LogP contribution in [0.3, 0.4) is 0 Å². The van der Waals surface area contributed by atoms with Gasteiger partial charge in [0.15, 0.2) is 0 Å². The van der Waals surface area contributed by atoms with Crippen LogP contribution in [0.4, 0.5) is 0 Å². The minimum absolute atomic E-state index is 0.368. The van der Waals surface area contributed by atoms with E-state index in [1.807, 2.05) is 25.3 Å². The van der Waals surface area contributed by atoms with Gasteiger partial charge in [0.1, 0.15) is 0 Å². The zero-order chi connectivity index (χ0) is 13.1. The van der Waals surface area contributed by atoms with Gasteiger partial charge < -0.3 is 5.32 Å². The predicted molar refractivity (Wildman–Crippen MR) is 75.7 cm³/mol. The SMILES string of the molecule is Cc1cccc(CNC2CCCc3cccnc32)n1. The van der Waals surface area contributed by atoms with E-state index >= 15 is 0 Å². The molecule has 1 aliphatic rings. The summed E-state index contributed by atoms with van der Waals surface area (Å²) in [6, 6.07) is 10.8. The molecule has 2 aromatic heterocycles. The highest BCUT2D eigenvalue weighted by Crippen LogP contribution is 2.27. The number of rotatable bonds is 3. The molecule has 3 nitrogen and oxygen atoms in total. The van der Waals surface area contributed by atoms with E-state index in [4.69, 9.17) is 0 Å². The monoisotopic (exact) mass is 253 g/mol. The molecule has 0 aromatic carbocycles. The summed E-state index contributed by atoms with van der Waals surface area (Å²) in [5, 5.41) is 3.60. The Morgan fingerprint density at radius 2 is 2.21 bits per heavy atom. The number of pyridine rings is 2. The molecule has 0 bridgehead atoms. The second kappa shape index (κ2) is 5.49. The second-order valence-electron chi connectivity index (χ2n) is 5.14. The summed E-state index contributed by atoms with van der Waals surface area (Å²) in [7, 11) is 0. The number of hydrogen-bond donors (Lipinski definition) is 1. The zero-order valence-electron chi connectivity index (χ0n) is 11.3. The molecule has 0 fully saturated rings. The van der Waals surface area contributed by atoms with Crippen LogP contribution in [0.2, 0.25) is 0 Å². The lowest BCUT2D eigenvalue weighted by molar-refractivity contribution is 0.445. The third-order valence-corrected chi connectivity index (χ3v) is 3.67. The van der Waals surface area contributed by atoms with Crippen LogP contribution in [0.5, 0.6) is 0 Å². The van der Waals surface area contributed by atoms with Crippen LogP contribution in [-0.4, -0.2) is 9.97 Å². The van der Waals surface area contributed by atoms with Crippen molar-refractivity contribution in [3.8, 4) is 0 Å². The highest BCUT2D eigenvalue weighted by Gasteiger charge is 2.20. The first-order valence-corrected chi connectivity index (χ1v) is 6.92. The van der Waals surface area contributed by atoms with Gasteiger partial charge in [-0.25, -0.2) is 0 Å². The van der Waals surface area contributed by atoms with Crippen molar-refractivity contribution in [3.05, 3.63) is 59.2 Å². The van der Waals surface area contributed by atoms with E-state index in [0.717, 1.165) is 30.8 Å². The molecule has 3 rings (SSSR count). The van der Waals surface area contributed by atoms with Gasteiger partial charge in [-0.3, -0.25) is 9.97 Å². The first kappa shape index (κ1) is 12.3. The molecule has 3 heteroatoms. The predicted octanol–water partition coefficient (Wildman–Crippen LogP) is 2.95. The summed E-state index contributed by atoms with van der Waals surface area (Å²) in [5.74, 6) is 0. The van der Waals surface area contributed by atoms with Gasteiger partial charge in [0.25, 0.3) is 0 Å². The average Bonchev–Trinajstić information content (AvgIpc) is 2.45. The normalized spacial score (nSPS) is 18.1. The molecule has 1 aliphatic carbocycles. The third kappa shape index (κ3) is 2.82. The van der Waals surface area contributed by atoms with E-state index in [0.29, 0.717) is 6.04 Å². The van der Waals surface area contributed by atoms with Crippen molar-refractivity contribution in [2.45, 2.75) is 38.8 Å². The Kier molecular flexibility index (Phi) is 3.56. The van der Waals surface area contributed by atoms with Crippen molar-refractivity contribution in [3.63, 3.8) is 0 Å². The van der Waals surface area contributed by atoms with E-state index in [-0.39, 0.29) is 0 Å². The zero-order valence-corrected chi connectivity index (χ0v) is 11.3. The van der Waals surface area contributed by atoms with E-state index < -0.39 is 0 Å². The highest BCUT2D eigenvalue weighted by molar-refractivity contribution is 5.25. The molecule has 2 heterocycles. The molecular formula is C16H19N3. The third-order valence-electron chi connectivity index (χ3n) is 3.67. The summed E-state index contributed by atoms with van der Waals surface area (Å²) in [6.45, 7) is 2.84. The molecule has 0 saturated heterocycles. The number of fused-ring (bicyclic) bond motifs is 1. The van der Waals surface area contributed by atoms with Crippen molar-refractivity contribution in [2.75, 3.05) is 0 Å². The average molecular weight is 253 g/mol. The topological polar surface area (TPSA) is 37.8 Å². The number of nitrogens with zero attached hydrogens (tertiary/aromatic N) is 2. The Hall–Kier alpha value is -1.74. The van der Waals surface area contributed by atoms with Crippen molar-refractivity contribution < 1.29 is 0 Å². The largest absolute Gasteiger partial charge is 0.303 e. The molecule has 0 spiro atoms. The van der Waals surface area contributed by atoms with Crippen LogP contribution < -0.4 is 5.32 Å². The quantitative estimate of drug-likeness (QED) is 0.914. The van der Waals surface area contributed by atoms with Crippen LogP contribution in [0.1, 0.15) is 41.5 Å². The molecule has 1 unspecified atom stereocenters. The minimum Gasteiger partial charge on any atom is -0.303 e. The molecular weight excluding hydrogens is 234 g/mol. The number of hydrogen-bond acceptors (Lipinski definition) is 3. The van der Waals surface area contributed by atoms with E-state index in [1.165, 1.54) is 17.7 Å². The molecule has 19 heavy (non-hydrogen) atoms. The molecule has 2 aromatic rings. The van der Waals surface area contributed by atoms with Gasteiger partial charge in [-0.15, -0.1) is 0 Å². The summed E-state index contributed by atoms with van der Waals surface area (Å²) >= 11 is 0. The Morgan fingerprint density at radius 3 is 3.11 bits per heavy atom. The maximum atomic E-state index is 4.55. The lowest BCUT2D eigenvalue weighted by Gasteiger charge is -2.25. The summed E-state index contributed by atoms with van der Waals surface area (Å²) < 4.78 is 0. The van der Waals surface area contributed by atoms with Gasteiger partial charge in [0.2, 0.25) is 0 Å². The van der Waals surface area contributed by atoms with Crippen molar-refractivity contribution in [1.82, 2.24) is 15.3 Å². The van der Waals surface area contributed by atoms with Gasteiger partial charge in [-0.1, -0.05) is 12.1 Å². The molecule has 98 valence electrons. The highest BCUT2D eigenvalue weighted by atomic mass is 15.0. The maximum absolute atomic E-state index is 4.55. The van der Waals surface area contributed by atoms with Gasteiger partial charge in [-0.05, 0) is 49.9 Å². The fraction of sp³-hybridized carbons (Fsp3) is 0.375. The molecule has 1 atom stereocenters. The van der Waals surface area contributed by atoms with E-state index in [2.05, 4.69) is 33.5 Å². The van der Waals surface area contributed by atoms with Gasteiger partial charge in [0, 0.05) is 18.4 Å². The van der Waals surface area contributed by atoms with Gasteiger partial charge in [0.05, 0.1) is 17.4 Å². The minimum atomic E-state index is 0.368. The van der Waals surface area contributed by atoms with Gasteiger partial charge >= 0.3 is 0 Å². The lowest BCUT2D eigenvalue weighted by Crippen LogP contribution is -2.26. The standard InChI is InChI=1S/C16H19N3/c1-12-5-2-8-14(19-12)11-18-15-9-3-6-13-7-4-10-17-16(13)15/h2,4-5,7-8,10,15,18H,3,6,9,11H2,1H3. The Bertz CT molecular complexity index is 565. The summed E-state index contributed by atoms with van der Waals surface area (Å²) in [6.07, 6.45) is 5.45. The summed E-state index contributed by atoms with van der Waals surface area (Å²) in [5.41, 5.74) is 4.79. The number of nitrogens with one attached hydrogen (secondary N) is 1. The second-order valence-corrected chi connectivity index (χ2v) is 5.14.